The van der Waals surface area contributed by atoms with Crippen LogP contribution >= 0.6 is 11.6 Å². The first-order chi connectivity index (χ1) is 11.4. The van der Waals surface area contributed by atoms with E-state index in [-0.39, 0.29) is 18.0 Å². The lowest BCUT2D eigenvalue weighted by atomic mass is 9.87. The third-order valence-electron chi connectivity index (χ3n) is 3.44. The van der Waals surface area contributed by atoms with Gasteiger partial charge in [0.05, 0.1) is 11.6 Å². The van der Waals surface area contributed by atoms with Gasteiger partial charge in [0.25, 0.3) is 0 Å². The fraction of sp³-hybridized carbons (Fsp3) is 0.250. The summed E-state index contributed by atoms with van der Waals surface area (Å²) in [7, 11) is 0. The Hall–Kier alpha value is -2.44. The Morgan fingerprint density at radius 2 is 1.75 bits per heavy atom. The summed E-state index contributed by atoms with van der Waals surface area (Å²) in [6.45, 7) is 6.70. The monoisotopic (exact) mass is 340 g/mol. The van der Waals surface area contributed by atoms with Crippen molar-refractivity contribution in [1.29, 1.82) is 0 Å². The molecule has 2 aromatic carbocycles. The van der Waals surface area contributed by atoms with E-state index in [0.717, 1.165) is 11.3 Å². The number of benzene rings is 2. The van der Waals surface area contributed by atoms with Crippen LogP contribution in [0.25, 0.3) is 0 Å². The van der Waals surface area contributed by atoms with E-state index in [1.54, 1.807) is 6.07 Å². The number of carbonyl (C=O) groups excluding carboxylic acids is 1. The summed E-state index contributed by atoms with van der Waals surface area (Å²) in [5.74, 6) is 5.81. The van der Waals surface area contributed by atoms with E-state index in [1.165, 1.54) is 5.56 Å². The summed E-state index contributed by atoms with van der Waals surface area (Å²) in [6.07, 6.45) is 0. The second-order valence-corrected chi connectivity index (χ2v) is 6.82. The first-order valence-electron chi connectivity index (χ1n) is 7.75. The molecule has 0 saturated heterocycles. The van der Waals surface area contributed by atoms with Crippen molar-refractivity contribution in [2.24, 2.45) is 0 Å². The van der Waals surface area contributed by atoms with Gasteiger partial charge in [-0.05, 0) is 35.2 Å². The Morgan fingerprint density at radius 3 is 2.38 bits per heavy atom. The molecule has 3 nitrogen and oxygen atoms in total. The lowest BCUT2D eigenvalue weighted by molar-refractivity contribution is 0.253. The third-order valence-corrected chi connectivity index (χ3v) is 3.77. The molecule has 0 aromatic heterocycles. The number of carbonyl (C=O) groups is 1. The van der Waals surface area contributed by atoms with Crippen LogP contribution in [-0.2, 0) is 5.41 Å². The van der Waals surface area contributed by atoms with Gasteiger partial charge in [0.2, 0.25) is 0 Å². The van der Waals surface area contributed by atoms with Crippen LogP contribution in [-0.4, -0.2) is 12.6 Å². The number of hydrogen-bond donors (Lipinski definition) is 2. The van der Waals surface area contributed by atoms with Gasteiger partial charge >= 0.3 is 6.03 Å². The first-order valence-corrected chi connectivity index (χ1v) is 8.13. The molecular formula is C20H21ClN2O. The lowest BCUT2D eigenvalue weighted by Crippen LogP contribution is -2.28. The van der Waals surface area contributed by atoms with Crippen molar-refractivity contribution in [2.45, 2.75) is 26.2 Å². The summed E-state index contributed by atoms with van der Waals surface area (Å²) >= 11 is 6.02. The molecule has 0 aliphatic heterocycles. The number of hydrogen-bond acceptors (Lipinski definition) is 1. The third kappa shape index (κ3) is 5.33. The highest BCUT2D eigenvalue weighted by atomic mass is 35.5. The topological polar surface area (TPSA) is 41.1 Å². The number of halogens is 1. The highest BCUT2D eigenvalue weighted by molar-refractivity contribution is 6.31. The molecule has 0 fully saturated rings. The molecule has 0 aliphatic rings. The largest absolute Gasteiger partial charge is 0.327 e. The molecule has 2 aromatic rings. The zero-order valence-electron chi connectivity index (χ0n) is 14.1. The normalized spacial score (nSPS) is 10.5. The van der Waals surface area contributed by atoms with Gasteiger partial charge in [-0.1, -0.05) is 68.5 Å². The molecule has 24 heavy (non-hydrogen) atoms. The number of rotatable bonds is 2. The van der Waals surface area contributed by atoms with E-state index in [4.69, 9.17) is 11.6 Å². The maximum Gasteiger partial charge on any atom is 0.319 e. The first kappa shape index (κ1) is 17.9. The molecule has 0 unspecified atom stereocenters. The molecule has 2 N–H and O–H groups in total. The maximum atomic E-state index is 11.9. The molecule has 4 heteroatoms. The molecule has 0 radical (unpaired) electrons. The maximum absolute atomic E-state index is 11.9. The fourth-order valence-corrected chi connectivity index (χ4v) is 2.24. The zero-order chi connectivity index (χ0) is 17.6. The average Bonchev–Trinajstić information content (AvgIpc) is 2.53. The van der Waals surface area contributed by atoms with Crippen molar-refractivity contribution in [3.8, 4) is 11.8 Å². The van der Waals surface area contributed by atoms with Crippen molar-refractivity contribution in [1.82, 2.24) is 5.32 Å². The van der Waals surface area contributed by atoms with Gasteiger partial charge in [0, 0.05) is 11.3 Å². The molecule has 124 valence electrons. The predicted molar refractivity (Wildman–Crippen MR) is 100 cm³/mol. The van der Waals surface area contributed by atoms with Gasteiger partial charge in [0.15, 0.2) is 0 Å². The van der Waals surface area contributed by atoms with Crippen molar-refractivity contribution < 1.29 is 4.79 Å². The van der Waals surface area contributed by atoms with Crippen LogP contribution in [0, 0.1) is 11.8 Å². The van der Waals surface area contributed by atoms with Crippen LogP contribution in [0.5, 0.6) is 0 Å². The molecule has 2 rings (SSSR count). The summed E-state index contributed by atoms with van der Waals surface area (Å²) < 4.78 is 0. The minimum absolute atomic E-state index is 0.0924. The van der Waals surface area contributed by atoms with E-state index in [1.807, 2.05) is 42.5 Å². The predicted octanol–water partition coefficient (Wildman–Crippen LogP) is 4.81. The van der Waals surface area contributed by atoms with E-state index < -0.39 is 0 Å². The molecule has 0 spiro atoms. The van der Waals surface area contributed by atoms with E-state index in [9.17, 15) is 4.79 Å². The highest BCUT2D eigenvalue weighted by Crippen LogP contribution is 2.23. The summed E-state index contributed by atoms with van der Waals surface area (Å²) in [5, 5.41) is 6.09. The van der Waals surface area contributed by atoms with Gasteiger partial charge in [-0.15, -0.1) is 0 Å². The van der Waals surface area contributed by atoms with Gasteiger partial charge in [-0.25, -0.2) is 4.79 Å². The van der Waals surface area contributed by atoms with Crippen LogP contribution in [0.3, 0.4) is 0 Å². The Kier molecular flexibility index (Phi) is 5.89. The Balaban J connectivity index is 1.85. The zero-order valence-corrected chi connectivity index (χ0v) is 14.9. The van der Waals surface area contributed by atoms with Crippen LogP contribution in [0.2, 0.25) is 5.02 Å². The fourth-order valence-electron chi connectivity index (χ4n) is 2.06. The second-order valence-electron chi connectivity index (χ2n) is 6.42. The van der Waals surface area contributed by atoms with Crippen molar-refractivity contribution in [2.75, 3.05) is 11.9 Å². The standard InChI is InChI=1S/C20H21ClN2O/c1-20(2,3)16-10-12-17(13-11-16)23-19(24)22-14-6-8-15-7-4-5-9-18(15)21/h4-5,7,9-13H,14H2,1-3H3,(H2,22,23,24). The van der Waals surface area contributed by atoms with E-state index in [2.05, 4.69) is 43.2 Å². The molecule has 0 atom stereocenters. The number of urea groups is 1. The van der Waals surface area contributed by atoms with Gasteiger partial charge in [0.1, 0.15) is 0 Å². The van der Waals surface area contributed by atoms with Gasteiger partial charge in [-0.2, -0.15) is 0 Å². The highest BCUT2D eigenvalue weighted by Gasteiger charge is 2.13. The van der Waals surface area contributed by atoms with Crippen LogP contribution in [0.4, 0.5) is 10.5 Å². The van der Waals surface area contributed by atoms with Crippen LogP contribution in [0.1, 0.15) is 31.9 Å². The van der Waals surface area contributed by atoms with E-state index in [0.29, 0.717) is 5.02 Å². The quantitative estimate of drug-likeness (QED) is 0.757. The van der Waals surface area contributed by atoms with Crippen molar-refractivity contribution >= 4 is 23.3 Å². The Morgan fingerprint density at radius 1 is 1.08 bits per heavy atom. The minimum atomic E-state index is -0.285. The van der Waals surface area contributed by atoms with Crippen molar-refractivity contribution in [3.05, 3.63) is 64.7 Å². The molecule has 0 saturated carbocycles. The molecule has 2 amide bonds. The van der Waals surface area contributed by atoms with Crippen LogP contribution in [0.15, 0.2) is 48.5 Å². The Bertz CT molecular complexity index is 765. The number of amides is 2. The summed E-state index contributed by atoms with van der Waals surface area (Å²) in [4.78, 5) is 11.9. The molecule has 0 heterocycles. The summed E-state index contributed by atoms with van der Waals surface area (Å²) in [5.41, 5.74) is 2.81. The molecule has 0 aliphatic carbocycles. The van der Waals surface area contributed by atoms with Crippen molar-refractivity contribution in [3.63, 3.8) is 0 Å². The minimum Gasteiger partial charge on any atom is -0.327 e. The Labute approximate surface area is 148 Å². The smallest absolute Gasteiger partial charge is 0.319 e. The number of nitrogens with one attached hydrogen (secondary N) is 2. The van der Waals surface area contributed by atoms with Gasteiger partial charge in [-0.3, -0.25) is 0 Å². The average molecular weight is 341 g/mol. The van der Waals surface area contributed by atoms with Gasteiger partial charge < -0.3 is 10.6 Å². The SMILES string of the molecule is CC(C)(C)c1ccc(NC(=O)NCC#Cc2ccccc2Cl)cc1. The van der Waals surface area contributed by atoms with E-state index >= 15 is 0 Å². The molecule has 0 bridgehead atoms. The second kappa shape index (κ2) is 7.90. The molecular weight excluding hydrogens is 320 g/mol. The number of anilines is 1. The summed E-state index contributed by atoms with van der Waals surface area (Å²) in [6, 6.07) is 14.9. The van der Waals surface area contributed by atoms with Crippen LogP contribution < -0.4 is 10.6 Å². The lowest BCUT2D eigenvalue weighted by Gasteiger charge is -2.19.